The standard InChI is InChI=1S/C11H19N3O4S/c1-13(9-5-11(15)18-2)19(16,17)12-6-10-14-7-3-4-8-14/h3-4,7-8,12H,5-6,9-10H2,1-2H3. The normalized spacial score (nSPS) is 11.7. The Kier molecular flexibility index (Phi) is 6.00. The molecule has 0 fully saturated rings. The summed E-state index contributed by atoms with van der Waals surface area (Å²) in [7, 11) is -0.868. The van der Waals surface area contributed by atoms with Crippen molar-refractivity contribution in [3.8, 4) is 0 Å². The van der Waals surface area contributed by atoms with Gasteiger partial charge in [0, 0.05) is 39.1 Å². The van der Waals surface area contributed by atoms with Crippen molar-refractivity contribution >= 4 is 16.2 Å². The SMILES string of the molecule is COC(=O)CCN(C)S(=O)(=O)NCCn1cccc1. The molecule has 0 aliphatic carbocycles. The van der Waals surface area contributed by atoms with Crippen LogP contribution in [0.25, 0.3) is 0 Å². The number of nitrogens with one attached hydrogen (secondary N) is 1. The zero-order valence-corrected chi connectivity index (χ0v) is 11.9. The van der Waals surface area contributed by atoms with Gasteiger partial charge in [0.2, 0.25) is 0 Å². The van der Waals surface area contributed by atoms with E-state index in [2.05, 4.69) is 9.46 Å². The van der Waals surface area contributed by atoms with Crippen LogP contribution in [-0.2, 0) is 26.3 Å². The fourth-order valence-electron chi connectivity index (χ4n) is 1.40. The Balaban J connectivity index is 2.35. The summed E-state index contributed by atoms with van der Waals surface area (Å²) < 4.78 is 33.5. The Morgan fingerprint density at radius 3 is 2.58 bits per heavy atom. The van der Waals surface area contributed by atoms with Crippen LogP contribution in [0.1, 0.15) is 6.42 Å². The van der Waals surface area contributed by atoms with Crippen LogP contribution in [0.15, 0.2) is 24.5 Å². The maximum atomic E-state index is 11.8. The van der Waals surface area contributed by atoms with Crippen LogP contribution in [0.3, 0.4) is 0 Å². The molecule has 0 radical (unpaired) electrons. The topological polar surface area (TPSA) is 80.6 Å². The van der Waals surface area contributed by atoms with Gasteiger partial charge in [-0.15, -0.1) is 0 Å². The molecule has 0 aliphatic rings. The number of rotatable bonds is 8. The van der Waals surface area contributed by atoms with E-state index in [0.717, 1.165) is 4.31 Å². The van der Waals surface area contributed by atoms with E-state index in [-0.39, 0.29) is 13.0 Å². The van der Waals surface area contributed by atoms with Crippen molar-refractivity contribution in [2.24, 2.45) is 0 Å². The Morgan fingerprint density at radius 2 is 2.00 bits per heavy atom. The molecule has 0 aromatic carbocycles. The maximum absolute atomic E-state index is 11.8. The molecule has 0 aliphatic heterocycles. The van der Waals surface area contributed by atoms with Gasteiger partial charge in [0.05, 0.1) is 13.5 Å². The van der Waals surface area contributed by atoms with Gasteiger partial charge >= 0.3 is 5.97 Å². The van der Waals surface area contributed by atoms with Crippen LogP contribution in [0, 0.1) is 0 Å². The number of hydrogen-bond donors (Lipinski definition) is 1. The second-order valence-electron chi connectivity index (χ2n) is 3.97. The number of carbonyl (C=O) groups excluding carboxylic acids is 1. The first kappa shape index (κ1) is 15.7. The molecule has 0 atom stereocenters. The van der Waals surface area contributed by atoms with E-state index in [1.54, 1.807) is 0 Å². The van der Waals surface area contributed by atoms with Crippen molar-refractivity contribution in [2.75, 3.05) is 27.2 Å². The van der Waals surface area contributed by atoms with Crippen molar-refractivity contribution in [3.05, 3.63) is 24.5 Å². The number of methoxy groups -OCH3 is 1. The molecule has 1 aromatic rings. The van der Waals surface area contributed by atoms with Crippen LogP contribution in [0.5, 0.6) is 0 Å². The lowest BCUT2D eigenvalue weighted by atomic mass is 10.4. The van der Waals surface area contributed by atoms with Crippen LogP contribution < -0.4 is 4.72 Å². The van der Waals surface area contributed by atoms with Crippen molar-refractivity contribution in [1.29, 1.82) is 0 Å². The summed E-state index contributed by atoms with van der Waals surface area (Å²) >= 11 is 0. The van der Waals surface area contributed by atoms with Gasteiger partial charge in [-0.25, -0.2) is 4.72 Å². The number of ether oxygens (including phenoxy) is 1. The molecule has 0 saturated heterocycles. The van der Waals surface area contributed by atoms with Crippen LogP contribution in [0.4, 0.5) is 0 Å². The highest BCUT2D eigenvalue weighted by molar-refractivity contribution is 7.87. The fraction of sp³-hybridized carbons (Fsp3) is 0.545. The van der Waals surface area contributed by atoms with Gasteiger partial charge in [0.15, 0.2) is 0 Å². The van der Waals surface area contributed by atoms with Crippen LogP contribution in [0.2, 0.25) is 0 Å². The molecule has 0 unspecified atom stereocenters. The largest absolute Gasteiger partial charge is 0.469 e. The summed E-state index contributed by atoms with van der Waals surface area (Å²) in [5.74, 6) is -0.436. The predicted octanol–water partition coefficient (Wildman–Crippen LogP) is -0.183. The molecule has 1 N–H and O–H groups in total. The molecule has 1 heterocycles. The average Bonchev–Trinajstić information content (AvgIpc) is 2.88. The molecule has 7 nitrogen and oxygen atoms in total. The third kappa shape index (κ3) is 5.41. The van der Waals surface area contributed by atoms with Crippen molar-refractivity contribution in [3.63, 3.8) is 0 Å². The molecule has 0 amide bonds. The zero-order chi connectivity index (χ0) is 14.3. The molecule has 19 heavy (non-hydrogen) atoms. The van der Waals surface area contributed by atoms with E-state index in [1.807, 2.05) is 29.1 Å². The van der Waals surface area contributed by atoms with Crippen molar-refractivity contribution < 1.29 is 17.9 Å². The van der Waals surface area contributed by atoms with Gasteiger partial charge in [0.25, 0.3) is 10.2 Å². The minimum Gasteiger partial charge on any atom is -0.469 e. The molecule has 0 bridgehead atoms. The summed E-state index contributed by atoms with van der Waals surface area (Å²) in [5.41, 5.74) is 0. The molecule has 8 heteroatoms. The van der Waals surface area contributed by atoms with E-state index in [9.17, 15) is 13.2 Å². The molecular weight excluding hydrogens is 270 g/mol. The third-order valence-corrected chi connectivity index (χ3v) is 4.16. The van der Waals surface area contributed by atoms with Crippen molar-refractivity contribution in [2.45, 2.75) is 13.0 Å². The summed E-state index contributed by atoms with van der Waals surface area (Å²) in [6.45, 7) is 0.933. The Labute approximate surface area is 113 Å². The van der Waals surface area contributed by atoms with Gasteiger partial charge in [-0.1, -0.05) is 0 Å². The molecule has 1 rings (SSSR count). The molecular formula is C11H19N3O4S. The first-order valence-electron chi connectivity index (χ1n) is 5.84. The number of nitrogens with zero attached hydrogens (tertiary/aromatic N) is 2. The number of hydrogen-bond acceptors (Lipinski definition) is 4. The highest BCUT2D eigenvalue weighted by atomic mass is 32.2. The third-order valence-electron chi connectivity index (χ3n) is 2.59. The quantitative estimate of drug-likeness (QED) is 0.673. The first-order chi connectivity index (χ1) is 8.95. The van der Waals surface area contributed by atoms with Gasteiger partial charge < -0.3 is 9.30 Å². The molecule has 1 aromatic heterocycles. The van der Waals surface area contributed by atoms with Crippen LogP contribution >= 0.6 is 0 Å². The van der Waals surface area contributed by atoms with Gasteiger partial charge in [-0.3, -0.25) is 4.79 Å². The van der Waals surface area contributed by atoms with Crippen LogP contribution in [-0.4, -0.2) is 50.5 Å². The zero-order valence-electron chi connectivity index (χ0n) is 11.1. The summed E-state index contributed by atoms with van der Waals surface area (Å²) in [5, 5.41) is 0. The smallest absolute Gasteiger partial charge is 0.306 e. The summed E-state index contributed by atoms with van der Waals surface area (Å²) in [6.07, 6.45) is 3.75. The molecule has 0 spiro atoms. The predicted molar refractivity (Wildman–Crippen MR) is 70.6 cm³/mol. The Bertz CT molecular complexity index is 484. The van der Waals surface area contributed by atoms with E-state index in [0.29, 0.717) is 13.1 Å². The van der Waals surface area contributed by atoms with Crippen molar-refractivity contribution in [1.82, 2.24) is 13.6 Å². The Morgan fingerprint density at radius 1 is 1.37 bits per heavy atom. The highest BCUT2D eigenvalue weighted by Crippen LogP contribution is 1.97. The minimum atomic E-state index is -3.56. The monoisotopic (exact) mass is 289 g/mol. The van der Waals surface area contributed by atoms with E-state index in [4.69, 9.17) is 0 Å². The summed E-state index contributed by atoms with van der Waals surface area (Å²) in [4.78, 5) is 10.9. The lowest BCUT2D eigenvalue weighted by Crippen LogP contribution is -2.40. The number of carbonyl (C=O) groups is 1. The fourth-order valence-corrected chi connectivity index (χ4v) is 2.31. The van der Waals surface area contributed by atoms with Gasteiger partial charge in [-0.05, 0) is 12.1 Å². The first-order valence-corrected chi connectivity index (χ1v) is 7.28. The number of aromatic nitrogens is 1. The maximum Gasteiger partial charge on any atom is 0.306 e. The molecule has 0 saturated carbocycles. The van der Waals surface area contributed by atoms with E-state index >= 15 is 0 Å². The van der Waals surface area contributed by atoms with Gasteiger partial charge in [0.1, 0.15) is 0 Å². The second kappa shape index (κ2) is 7.27. The van der Waals surface area contributed by atoms with E-state index in [1.165, 1.54) is 14.2 Å². The number of esters is 1. The molecule has 108 valence electrons. The second-order valence-corrected chi connectivity index (χ2v) is 5.83. The minimum absolute atomic E-state index is 0.0332. The highest BCUT2D eigenvalue weighted by Gasteiger charge is 2.17. The Hall–Kier alpha value is -1.38. The van der Waals surface area contributed by atoms with E-state index < -0.39 is 16.2 Å². The lowest BCUT2D eigenvalue weighted by molar-refractivity contribution is -0.140. The lowest BCUT2D eigenvalue weighted by Gasteiger charge is -2.17. The summed E-state index contributed by atoms with van der Waals surface area (Å²) in [6, 6.07) is 3.74. The van der Waals surface area contributed by atoms with Gasteiger partial charge in [-0.2, -0.15) is 12.7 Å². The average molecular weight is 289 g/mol.